The molecule has 0 saturated carbocycles. The number of aryl methyl sites for hydroxylation is 2. The first kappa shape index (κ1) is 17.4. The summed E-state index contributed by atoms with van der Waals surface area (Å²) in [4.78, 5) is 0. The Labute approximate surface area is 126 Å². The quantitative estimate of drug-likeness (QED) is 0.571. The van der Waals surface area contributed by atoms with Crippen molar-refractivity contribution in [2.45, 2.75) is 65.1 Å². The maximum atomic E-state index is 6.43. The summed E-state index contributed by atoms with van der Waals surface area (Å²) in [6.45, 7) is 9.03. The molecule has 0 saturated heterocycles. The van der Waals surface area contributed by atoms with E-state index in [-0.39, 0.29) is 11.6 Å². The van der Waals surface area contributed by atoms with Gasteiger partial charge < -0.3 is 4.74 Å². The van der Waals surface area contributed by atoms with Crippen molar-refractivity contribution in [3.05, 3.63) is 16.4 Å². The molecule has 6 heteroatoms. The van der Waals surface area contributed by atoms with Crippen molar-refractivity contribution in [1.29, 1.82) is 0 Å². The van der Waals surface area contributed by atoms with Gasteiger partial charge in [-0.15, -0.1) is 0 Å². The number of hydrogen-bond acceptors (Lipinski definition) is 4. The lowest BCUT2D eigenvalue weighted by molar-refractivity contribution is 0.00696. The van der Waals surface area contributed by atoms with Crippen LogP contribution in [0.2, 0.25) is 5.02 Å². The molecule has 1 heterocycles. The normalized spacial score (nSPS) is 13.8. The summed E-state index contributed by atoms with van der Waals surface area (Å²) in [6, 6.07) is 0.0918. The van der Waals surface area contributed by atoms with Gasteiger partial charge in [-0.1, -0.05) is 18.5 Å². The van der Waals surface area contributed by atoms with Crippen LogP contribution in [0.4, 0.5) is 0 Å². The molecule has 0 aliphatic rings. The van der Waals surface area contributed by atoms with E-state index in [4.69, 9.17) is 22.2 Å². The third kappa shape index (κ3) is 4.19. The Bertz CT molecular complexity index is 431. The largest absolute Gasteiger partial charge is 0.379 e. The zero-order valence-electron chi connectivity index (χ0n) is 13.2. The van der Waals surface area contributed by atoms with E-state index >= 15 is 0 Å². The van der Waals surface area contributed by atoms with Crippen LogP contribution in [0, 0.1) is 0 Å². The molecule has 0 fully saturated rings. The molecule has 1 rings (SSSR count). The van der Waals surface area contributed by atoms with Crippen molar-refractivity contribution in [1.82, 2.24) is 15.2 Å². The Morgan fingerprint density at radius 2 is 2.10 bits per heavy atom. The Hall–Kier alpha value is -0.620. The molecule has 1 aromatic heterocycles. The van der Waals surface area contributed by atoms with Gasteiger partial charge in [0, 0.05) is 26.1 Å². The van der Waals surface area contributed by atoms with E-state index in [1.807, 2.05) is 18.5 Å². The van der Waals surface area contributed by atoms with E-state index in [9.17, 15) is 0 Å². The van der Waals surface area contributed by atoms with Gasteiger partial charge >= 0.3 is 0 Å². The van der Waals surface area contributed by atoms with Gasteiger partial charge in [0.1, 0.15) is 0 Å². The van der Waals surface area contributed by atoms with Crippen LogP contribution in [0.5, 0.6) is 0 Å². The van der Waals surface area contributed by atoms with E-state index in [0.29, 0.717) is 0 Å². The van der Waals surface area contributed by atoms with Crippen molar-refractivity contribution in [3.8, 4) is 0 Å². The molecular weight excluding hydrogens is 276 g/mol. The SMILES string of the molecule is CCc1nn(CC)c(CC(CC(C)(C)OC)NN)c1Cl. The van der Waals surface area contributed by atoms with Crippen LogP contribution in [0.25, 0.3) is 0 Å². The molecule has 0 radical (unpaired) electrons. The highest BCUT2D eigenvalue weighted by molar-refractivity contribution is 6.31. The number of halogens is 1. The second-order valence-electron chi connectivity index (χ2n) is 5.61. The summed E-state index contributed by atoms with van der Waals surface area (Å²) < 4.78 is 7.43. The fourth-order valence-electron chi connectivity index (χ4n) is 2.31. The van der Waals surface area contributed by atoms with Crippen molar-refractivity contribution < 1.29 is 4.74 Å². The molecule has 116 valence electrons. The summed E-state index contributed by atoms with van der Waals surface area (Å²) in [5.41, 5.74) is 4.63. The van der Waals surface area contributed by atoms with Crippen molar-refractivity contribution >= 4 is 11.6 Å². The fourth-order valence-corrected chi connectivity index (χ4v) is 2.66. The average molecular weight is 303 g/mol. The van der Waals surface area contributed by atoms with E-state index in [1.165, 1.54) is 0 Å². The minimum atomic E-state index is -0.228. The molecule has 0 amide bonds. The number of hydrazine groups is 1. The van der Waals surface area contributed by atoms with Gasteiger partial charge in [-0.05, 0) is 33.6 Å². The molecule has 20 heavy (non-hydrogen) atoms. The van der Waals surface area contributed by atoms with Crippen molar-refractivity contribution in [2.24, 2.45) is 5.84 Å². The highest BCUT2D eigenvalue weighted by Crippen LogP contribution is 2.25. The van der Waals surface area contributed by atoms with Crippen LogP contribution < -0.4 is 11.3 Å². The molecular formula is C14H27ClN4O. The van der Waals surface area contributed by atoms with Gasteiger partial charge in [0.25, 0.3) is 0 Å². The molecule has 3 N–H and O–H groups in total. The third-order valence-corrected chi connectivity index (χ3v) is 4.10. The number of aromatic nitrogens is 2. The molecule has 1 aromatic rings. The summed E-state index contributed by atoms with van der Waals surface area (Å²) in [5.74, 6) is 5.69. The topological polar surface area (TPSA) is 65.1 Å². The predicted octanol–water partition coefficient (Wildman–Crippen LogP) is 2.31. The number of nitrogens with two attached hydrogens (primary N) is 1. The van der Waals surface area contributed by atoms with E-state index in [0.717, 1.165) is 42.2 Å². The molecule has 0 aliphatic carbocycles. The summed E-state index contributed by atoms with van der Waals surface area (Å²) in [5, 5.41) is 5.30. The second-order valence-corrected chi connectivity index (χ2v) is 5.99. The molecule has 0 spiro atoms. The van der Waals surface area contributed by atoms with E-state index in [2.05, 4.69) is 24.4 Å². The van der Waals surface area contributed by atoms with Crippen LogP contribution >= 0.6 is 11.6 Å². The Kier molecular flexibility index (Phi) is 6.45. The lowest BCUT2D eigenvalue weighted by Crippen LogP contribution is -2.43. The Morgan fingerprint density at radius 1 is 1.45 bits per heavy atom. The van der Waals surface area contributed by atoms with Crippen molar-refractivity contribution in [3.63, 3.8) is 0 Å². The van der Waals surface area contributed by atoms with Gasteiger partial charge in [0.05, 0.1) is 22.0 Å². The van der Waals surface area contributed by atoms with Gasteiger partial charge in [0.2, 0.25) is 0 Å². The molecule has 0 aliphatic heterocycles. The van der Waals surface area contributed by atoms with Crippen LogP contribution in [-0.2, 0) is 24.1 Å². The van der Waals surface area contributed by atoms with Gasteiger partial charge in [-0.25, -0.2) is 0 Å². The van der Waals surface area contributed by atoms with Crippen LogP contribution in [0.1, 0.15) is 45.5 Å². The number of nitrogens with zero attached hydrogens (tertiary/aromatic N) is 2. The average Bonchev–Trinajstić information content (AvgIpc) is 2.74. The number of rotatable bonds is 8. The first-order valence-electron chi connectivity index (χ1n) is 7.13. The highest BCUT2D eigenvalue weighted by Gasteiger charge is 2.25. The lowest BCUT2D eigenvalue weighted by Gasteiger charge is -2.28. The maximum Gasteiger partial charge on any atom is 0.0850 e. The Balaban J connectivity index is 2.92. The molecule has 1 unspecified atom stereocenters. The smallest absolute Gasteiger partial charge is 0.0850 e. The minimum absolute atomic E-state index is 0.0918. The fraction of sp³-hybridized carbons (Fsp3) is 0.786. The standard InChI is InChI=1S/C14H27ClN4O/c1-6-11-13(15)12(19(7-2)18-11)8-10(17-16)9-14(3,4)20-5/h10,17H,6-9,16H2,1-5H3. The number of hydrogen-bond donors (Lipinski definition) is 2. The van der Waals surface area contributed by atoms with Gasteiger partial charge in [-0.3, -0.25) is 16.0 Å². The first-order chi connectivity index (χ1) is 9.38. The summed E-state index contributed by atoms with van der Waals surface area (Å²) in [7, 11) is 1.71. The monoisotopic (exact) mass is 302 g/mol. The molecule has 1 atom stereocenters. The molecule has 0 aromatic carbocycles. The van der Waals surface area contributed by atoms with Crippen LogP contribution in [-0.4, -0.2) is 28.5 Å². The van der Waals surface area contributed by atoms with E-state index < -0.39 is 0 Å². The zero-order valence-corrected chi connectivity index (χ0v) is 13.9. The lowest BCUT2D eigenvalue weighted by atomic mass is 9.96. The predicted molar refractivity (Wildman–Crippen MR) is 82.8 cm³/mol. The van der Waals surface area contributed by atoms with Crippen LogP contribution in [0.15, 0.2) is 0 Å². The summed E-state index contributed by atoms with van der Waals surface area (Å²) in [6.07, 6.45) is 2.37. The highest BCUT2D eigenvalue weighted by atomic mass is 35.5. The molecule has 5 nitrogen and oxygen atoms in total. The zero-order chi connectivity index (χ0) is 15.3. The van der Waals surface area contributed by atoms with Gasteiger partial charge in [-0.2, -0.15) is 5.10 Å². The van der Waals surface area contributed by atoms with Gasteiger partial charge in [0.15, 0.2) is 0 Å². The summed E-state index contributed by atoms with van der Waals surface area (Å²) >= 11 is 6.43. The third-order valence-electron chi connectivity index (χ3n) is 3.66. The number of methoxy groups -OCH3 is 1. The Morgan fingerprint density at radius 3 is 2.55 bits per heavy atom. The first-order valence-corrected chi connectivity index (χ1v) is 7.51. The molecule has 0 bridgehead atoms. The minimum Gasteiger partial charge on any atom is -0.379 e. The number of nitrogens with one attached hydrogen (secondary N) is 1. The number of ether oxygens (including phenoxy) is 1. The van der Waals surface area contributed by atoms with Crippen molar-refractivity contribution in [2.75, 3.05) is 7.11 Å². The van der Waals surface area contributed by atoms with E-state index in [1.54, 1.807) is 7.11 Å². The maximum absolute atomic E-state index is 6.43. The second kappa shape index (κ2) is 7.41. The van der Waals surface area contributed by atoms with Crippen LogP contribution in [0.3, 0.4) is 0 Å².